The molecule has 0 spiro atoms. The Hall–Kier alpha value is -4.80. The molecule has 3 heterocycles. The highest BCUT2D eigenvalue weighted by Gasteiger charge is 2.21. The van der Waals surface area contributed by atoms with Gasteiger partial charge in [0.05, 0.1) is 35.6 Å². The number of rotatable bonds is 15. The zero-order valence-corrected chi connectivity index (χ0v) is 28.4. The van der Waals surface area contributed by atoms with Gasteiger partial charge in [0.25, 0.3) is 6.01 Å². The van der Waals surface area contributed by atoms with E-state index in [4.69, 9.17) is 32.7 Å². The van der Waals surface area contributed by atoms with Gasteiger partial charge in [-0.15, -0.1) is 0 Å². The molecule has 48 heavy (non-hydrogen) atoms. The number of halogens is 2. The minimum Gasteiger partial charge on any atom is -0.486 e. The van der Waals surface area contributed by atoms with E-state index in [9.17, 15) is 14.4 Å². The second-order valence-corrected chi connectivity index (χ2v) is 12.1. The molecule has 0 saturated heterocycles. The quantitative estimate of drug-likeness (QED) is 0.117. The molecule has 0 saturated carbocycles. The summed E-state index contributed by atoms with van der Waals surface area (Å²) in [4.78, 5) is 51.7. The predicted octanol–water partition coefficient (Wildman–Crippen LogP) is 6.85. The van der Waals surface area contributed by atoms with E-state index in [2.05, 4.69) is 15.0 Å². The van der Waals surface area contributed by atoms with Crippen molar-refractivity contribution in [2.45, 2.75) is 52.2 Å². The SMILES string of the molecule is COc1nc2c(OCc3c(Cl)ccc(N(C)C(=O)CCC(=O)CCc4ccc(CC(C)=O)nc4)c3Cl)cccc2n1Cc1ccccn1. The van der Waals surface area contributed by atoms with E-state index in [1.807, 2.05) is 41.0 Å². The monoisotopic (exact) mass is 687 g/mol. The summed E-state index contributed by atoms with van der Waals surface area (Å²) in [6.07, 6.45) is 4.63. The molecule has 0 unspecified atom stereocenters. The maximum atomic E-state index is 13.1. The number of pyridine rings is 2. The van der Waals surface area contributed by atoms with Gasteiger partial charge in [-0.1, -0.05) is 41.4 Å². The smallest absolute Gasteiger partial charge is 0.297 e. The Morgan fingerprint density at radius 3 is 2.46 bits per heavy atom. The molecule has 0 N–H and O–H groups in total. The van der Waals surface area contributed by atoms with Crippen LogP contribution in [0, 0.1) is 0 Å². The summed E-state index contributed by atoms with van der Waals surface area (Å²) in [6, 6.07) is 18.7. The van der Waals surface area contributed by atoms with E-state index in [1.165, 1.54) is 11.8 Å². The fraction of sp³-hybridized carbons (Fsp3) is 0.278. The van der Waals surface area contributed by atoms with Crippen molar-refractivity contribution < 1.29 is 23.9 Å². The molecule has 10 nitrogen and oxygen atoms in total. The number of carbonyl (C=O) groups is 3. The number of anilines is 1. The van der Waals surface area contributed by atoms with Gasteiger partial charge in [-0.2, -0.15) is 4.98 Å². The van der Waals surface area contributed by atoms with Gasteiger partial charge >= 0.3 is 0 Å². The summed E-state index contributed by atoms with van der Waals surface area (Å²) in [5.74, 6) is 0.258. The highest BCUT2D eigenvalue weighted by atomic mass is 35.5. The first-order valence-corrected chi connectivity index (χ1v) is 16.1. The van der Waals surface area contributed by atoms with Gasteiger partial charge in [-0.05, 0) is 61.4 Å². The van der Waals surface area contributed by atoms with Crippen molar-refractivity contribution in [3.63, 3.8) is 0 Å². The van der Waals surface area contributed by atoms with Crippen LogP contribution in [0.5, 0.6) is 11.8 Å². The zero-order chi connectivity index (χ0) is 34.2. The molecule has 5 aromatic rings. The molecular formula is C36H35Cl2N5O5. The molecule has 0 radical (unpaired) electrons. The number of aryl methyl sites for hydroxylation is 1. The molecule has 248 valence electrons. The molecule has 0 atom stereocenters. The number of amides is 1. The first kappa shape index (κ1) is 34.5. The van der Waals surface area contributed by atoms with Crippen molar-refractivity contribution in [1.29, 1.82) is 0 Å². The average molecular weight is 689 g/mol. The van der Waals surface area contributed by atoms with Crippen LogP contribution in [0.2, 0.25) is 10.0 Å². The van der Waals surface area contributed by atoms with E-state index in [-0.39, 0.29) is 54.8 Å². The number of hydrogen-bond donors (Lipinski definition) is 0. The normalized spacial score (nSPS) is 11.0. The van der Waals surface area contributed by atoms with Crippen LogP contribution in [0.25, 0.3) is 11.0 Å². The molecular weight excluding hydrogens is 653 g/mol. The summed E-state index contributed by atoms with van der Waals surface area (Å²) in [5, 5.41) is 0.657. The third-order valence-corrected chi connectivity index (χ3v) is 8.61. The Labute approximate surface area is 288 Å². The first-order valence-electron chi connectivity index (χ1n) is 15.4. The van der Waals surface area contributed by atoms with Crippen LogP contribution >= 0.6 is 23.2 Å². The number of nitrogens with zero attached hydrogens (tertiary/aromatic N) is 5. The summed E-state index contributed by atoms with van der Waals surface area (Å²) in [5.41, 5.74) is 4.82. The van der Waals surface area contributed by atoms with Gasteiger partial charge in [0.15, 0.2) is 0 Å². The zero-order valence-electron chi connectivity index (χ0n) is 26.9. The minimum atomic E-state index is -0.259. The van der Waals surface area contributed by atoms with Gasteiger partial charge in [-0.3, -0.25) is 28.9 Å². The number of ketones is 2. The fourth-order valence-corrected chi connectivity index (χ4v) is 5.83. The molecule has 0 aliphatic rings. The van der Waals surface area contributed by atoms with Crippen LogP contribution in [0.15, 0.2) is 73.1 Å². The number of Topliss-reactive ketones (excluding diaryl/α,β-unsaturated/α-hetero) is 2. The number of fused-ring (bicyclic) bond motifs is 1. The lowest BCUT2D eigenvalue weighted by molar-refractivity contribution is -0.123. The van der Waals surface area contributed by atoms with Crippen molar-refractivity contribution in [2.24, 2.45) is 0 Å². The summed E-state index contributed by atoms with van der Waals surface area (Å²) in [6.45, 7) is 2.00. The maximum Gasteiger partial charge on any atom is 0.297 e. The molecule has 3 aromatic heterocycles. The van der Waals surface area contributed by atoms with Gasteiger partial charge in [0.1, 0.15) is 29.4 Å². The second kappa shape index (κ2) is 15.9. The summed E-state index contributed by atoms with van der Waals surface area (Å²) >= 11 is 13.4. The van der Waals surface area contributed by atoms with E-state index < -0.39 is 0 Å². The van der Waals surface area contributed by atoms with Crippen LogP contribution in [0.4, 0.5) is 5.69 Å². The van der Waals surface area contributed by atoms with E-state index in [0.29, 0.717) is 52.2 Å². The summed E-state index contributed by atoms with van der Waals surface area (Å²) in [7, 11) is 3.17. The van der Waals surface area contributed by atoms with Crippen LogP contribution in [-0.2, 0) is 40.4 Å². The third-order valence-electron chi connectivity index (χ3n) is 7.84. The molecule has 1 amide bonds. The minimum absolute atomic E-state index is 0.0190. The average Bonchev–Trinajstić information content (AvgIpc) is 3.44. The van der Waals surface area contributed by atoms with Crippen molar-refractivity contribution >= 4 is 57.4 Å². The number of methoxy groups -OCH3 is 1. The fourth-order valence-electron chi connectivity index (χ4n) is 5.23. The highest BCUT2D eigenvalue weighted by molar-refractivity contribution is 6.38. The van der Waals surface area contributed by atoms with Crippen molar-refractivity contribution in [2.75, 3.05) is 19.1 Å². The van der Waals surface area contributed by atoms with Crippen molar-refractivity contribution in [3.05, 3.63) is 106 Å². The highest BCUT2D eigenvalue weighted by Crippen LogP contribution is 2.36. The van der Waals surface area contributed by atoms with Crippen LogP contribution < -0.4 is 14.4 Å². The van der Waals surface area contributed by atoms with Crippen LogP contribution in [0.3, 0.4) is 0 Å². The third kappa shape index (κ3) is 8.37. The molecule has 0 bridgehead atoms. The number of benzene rings is 2. The largest absolute Gasteiger partial charge is 0.486 e. The molecule has 0 fully saturated rings. The number of hydrogen-bond acceptors (Lipinski definition) is 8. The standard InChI is InChI=1S/C36H35Cl2N5O5/c1-23(44)19-25-12-10-24(20-40-25)11-13-27(45)14-17-33(46)42(2)30-16-15-29(37)28(34(30)38)22-48-32-9-6-8-31-35(32)41-36(47-3)43(31)21-26-7-4-5-18-39-26/h4-10,12,15-16,18,20H,11,13-14,17,19,21-22H2,1-3H3. The molecule has 0 aliphatic heterocycles. The number of aromatic nitrogens is 4. The van der Waals surface area contributed by atoms with E-state index in [0.717, 1.165) is 16.8 Å². The first-order chi connectivity index (χ1) is 23.1. The Morgan fingerprint density at radius 2 is 1.75 bits per heavy atom. The maximum absolute atomic E-state index is 13.1. The molecule has 12 heteroatoms. The van der Waals surface area contributed by atoms with Gasteiger partial charge in [-0.25, -0.2) is 0 Å². The van der Waals surface area contributed by atoms with Crippen LogP contribution in [0.1, 0.15) is 48.7 Å². The van der Waals surface area contributed by atoms with Crippen LogP contribution in [-0.4, -0.2) is 51.2 Å². The predicted molar refractivity (Wildman–Crippen MR) is 185 cm³/mol. The van der Waals surface area contributed by atoms with Gasteiger partial charge in [0.2, 0.25) is 5.91 Å². The number of ether oxygens (including phenoxy) is 2. The number of imidazole rings is 1. The van der Waals surface area contributed by atoms with Crippen molar-refractivity contribution in [1.82, 2.24) is 19.5 Å². The Bertz CT molecular complexity index is 1930. The number of para-hydroxylation sites is 1. The topological polar surface area (TPSA) is 117 Å². The molecule has 0 aliphatic carbocycles. The lowest BCUT2D eigenvalue weighted by Gasteiger charge is -2.21. The van der Waals surface area contributed by atoms with E-state index >= 15 is 0 Å². The van der Waals surface area contributed by atoms with Gasteiger partial charge in [0, 0.05) is 61.4 Å². The lowest BCUT2D eigenvalue weighted by Crippen LogP contribution is -2.27. The molecule has 5 rings (SSSR count). The second-order valence-electron chi connectivity index (χ2n) is 11.3. The van der Waals surface area contributed by atoms with Gasteiger partial charge < -0.3 is 14.4 Å². The Morgan fingerprint density at radius 1 is 0.917 bits per heavy atom. The van der Waals surface area contributed by atoms with E-state index in [1.54, 1.807) is 50.8 Å². The Kier molecular flexibility index (Phi) is 11.4. The number of carbonyl (C=O) groups excluding carboxylic acids is 3. The Balaban J connectivity index is 1.22. The summed E-state index contributed by atoms with van der Waals surface area (Å²) < 4.78 is 13.7. The lowest BCUT2D eigenvalue weighted by atomic mass is 10.1. The van der Waals surface area contributed by atoms with Crippen molar-refractivity contribution in [3.8, 4) is 11.8 Å². The molecule has 2 aromatic carbocycles.